The summed E-state index contributed by atoms with van der Waals surface area (Å²) in [5.74, 6) is 0. The second-order valence-electron chi connectivity index (χ2n) is 3.61. The zero-order valence-corrected chi connectivity index (χ0v) is 8.70. The molecule has 0 saturated carbocycles. The molecule has 2 nitrogen and oxygen atoms in total. The molecule has 1 aromatic heterocycles. The molecule has 0 radical (unpaired) electrons. The van der Waals surface area contributed by atoms with E-state index >= 15 is 0 Å². The van der Waals surface area contributed by atoms with Crippen LogP contribution in [-0.2, 0) is 6.18 Å². The van der Waals surface area contributed by atoms with Gasteiger partial charge in [-0.2, -0.15) is 13.2 Å². The molecule has 0 aliphatic heterocycles. The largest absolute Gasteiger partial charge is 0.416 e. The van der Waals surface area contributed by atoms with Gasteiger partial charge in [0.15, 0.2) is 0 Å². The SMILES string of the molecule is OC(c1ccc[nH]1)c1ccccc1C(F)(F)F. The molecule has 5 heteroatoms. The number of hydrogen-bond donors (Lipinski definition) is 2. The van der Waals surface area contributed by atoms with Crippen molar-refractivity contribution in [2.45, 2.75) is 12.3 Å². The van der Waals surface area contributed by atoms with Gasteiger partial charge < -0.3 is 10.1 Å². The van der Waals surface area contributed by atoms with Gasteiger partial charge in [0.05, 0.1) is 5.56 Å². The minimum Gasteiger partial charge on any atom is -0.382 e. The normalized spacial score (nSPS) is 13.6. The summed E-state index contributed by atoms with van der Waals surface area (Å²) in [5.41, 5.74) is -0.633. The number of halogens is 3. The van der Waals surface area contributed by atoms with E-state index in [1.165, 1.54) is 24.3 Å². The number of aromatic amines is 1. The number of aliphatic hydroxyl groups is 1. The molecule has 0 aliphatic rings. The summed E-state index contributed by atoms with van der Waals surface area (Å²) >= 11 is 0. The summed E-state index contributed by atoms with van der Waals surface area (Å²) in [5, 5.41) is 9.89. The molecule has 17 heavy (non-hydrogen) atoms. The Morgan fingerprint density at radius 2 is 1.76 bits per heavy atom. The molecule has 1 atom stereocenters. The fraction of sp³-hybridized carbons (Fsp3) is 0.167. The van der Waals surface area contributed by atoms with E-state index in [0.29, 0.717) is 5.69 Å². The molecule has 0 amide bonds. The Morgan fingerprint density at radius 3 is 2.35 bits per heavy atom. The highest BCUT2D eigenvalue weighted by Crippen LogP contribution is 2.35. The Kier molecular flexibility index (Phi) is 2.93. The molecule has 0 fully saturated rings. The van der Waals surface area contributed by atoms with Crippen LogP contribution in [0.15, 0.2) is 42.6 Å². The average molecular weight is 241 g/mol. The molecule has 1 aromatic carbocycles. The maximum atomic E-state index is 12.7. The summed E-state index contributed by atoms with van der Waals surface area (Å²) in [6.45, 7) is 0. The summed E-state index contributed by atoms with van der Waals surface area (Å²) in [4.78, 5) is 2.70. The van der Waals surface area contributed by atoms with Crippen LogP contribution in [-0.4, -0.2) is 10.1 Å². The first-order chi connectivity index (χ1) is 8.00. The van der Waals surface area contributed by atoms with Gasteiger partial charge in [-0.1, -0.05) is 18.2 Å². The molecule has 0 bridgehead atoms. The lowest BCUT2D eigenvalue weighted by Crippen LogP contribution is -2.12. The number of alkyl halides is 3. The van der Waals surface area contributed by atoms with Crippen molar-refractivity contribution in [2.24, 2.45) is 0 Å². The Bertz CT molecular complexity index is 491. The van der Waals surface area contributed by atoms with Gasteiger partial charge >= 0.3 is 6.18 Å². The van der Waals surface area contributed by atoms with E-state index in [-0.39, 0.29) is 5.56 Å². The van der Waals surface area contributed by atoms with Crippen LogP contribution in [0.4, 0.5) is 13.2 Å². The Hall–Kier alpha value is -1.75. The van der Waals surface area contributed by atoms with Gasteiger partial charge in [0, 0.05) is 11.9 Å². The molecular weight excluding hydrogens is 231 g/mol. The lowest BCUT2D eigenvalue weighted by molar-refractivity contribution is -0.139. The minimum absolute atomic E-state index is 0.151. The third-order valence-electron chi connectivity index (χ3n) is 2.48. The van der Waals surface area contributed by atoms with Gasteiger partial charge in [0.2, 0.25) is 0 Å². The third kappa shape index (κ3) is 2.34. The van der Waals surface area contributed by atoms with Crippen LogP contribution >= 0.6 is 0 Å². The van der Waals surface area contributed by atoms with Crippen molar-refractivity contribution < 1.29 is 18.3 Å². The van der Waals surface area contributed by atoms with Gasteiger partial charge in [0.25, 0.3) is 0 Å². The molecule has 1 heterocycles. The maximum Gasteiger partial charge on any atom is 0.416 e. The summed E-state index contributed by atoms with van der Waals surface area (Å²) in [6, 6.07) is 8.16. The highest BCUT2D eigenvalue weighted by molar-refractivity contribution is 5.35. The van der Waals surface area contributed by atoms with E-state index in [0.717, 1.165) is 6.07 Å². The third-order valence-corrected chi connectivity index (χ3v) is 2.48. The predicted molar refractivity (Wildman–Crippen MR) is 56.3 cm³/mol. The molecule has 0 spiro atoms. The second-order valence-corrected chi connectivity index (χ2v) is 3.61. The van der Waals surface area contributed by atoms with Gasteiger partial charge in [-0.05, 0) is 23.8 Å². The minimum atomic E-state index is -4.47. The van der Waals surface area contributed by atoms with E-state index in [9.17, 15) is 18.3 Å². The van der Waals surface area contributed by atoms with Gasteiger partial charge in [-0.25, -0.2) is 0 Å². The molecule has 2 aromatic rings. The lowest BCUT2D eigenvalue weighted by atomic mass is 10.00. The molecule has 1 unspecified atom stereocenters. The van der Waals surface area contributed by atoms with E-state index < -0.39 is 17.8 Å². The highest BCUT2D eigenvalue weighted by Gasteiger charge is 2.34. The standard InChI is InChI=1S/C12H10F3NO/c13-12(14,15)9-5-2-1-4-8(9)11(17)10-6-3-7-16-10/h1-7,11,16-17H. The van der Waals surface area contributed by atoms with Crippen LogP contribution in [0, 0.1) is 0 Å². The number of aromatic nitrogens is 1. The smallest absolute Gasteiger partial charge is 0.382 e. The average Bonchev–Trinajstić information content (AvgIpc) is 2.80. The van der Waals surface area contributed by atoms with Crippen LogP contribution in [0.25, 0.3) is 0 Å². The van der Waals surface area contributed by atoms with Gasteiger partial charge in [-0.15, -0.1) is 0 Å². The molecule has 90 valence electrons. The quantitative estimate of drug-likeness (QED) is 0.832. The van der Waals surface area contributed by atoms with E-state index in [1.54, 1.807) is 12.3 Å². The van der Waals surface area contributed by atoms with E-state index in [4.69, 9.17) is 0 Å². The topological polar surface area (TPSA) is 36.0 Å². The fourth-order valence-electron chi connectivity index (χ4n) is 1.68. The number of benzene rings is 1. The number of aliphatic hydroxyl groups excluding tert-OH is 1. The Balaban J connectivity index is 2.46. The van der Waals surface area contributed by atoms with Crippen LogP contribution in [0.3, 0.4) is 0 Å². The van der Waals surface area contributed by atoms with Crippen molar-refractivity contribution in [3.05, 3.63) is 59.4 Å². The first kappa shape index (κ1) is 11.7. The first-order valence-corrected chi connectivity index (χ1v) is 4.97. The Labute approximate surface area is 95.7 Å². The molecule has 0 saturated heterocycles. The Morgan fingerprint density at radius 1 is 1.06 bits per heavy atom. The van der Waals surface area contributed by atoms with Crippen LogP contribution < -0.4 is 0 Å². The summed E-state index contributed by atoms with van der Waals surface area (Å²) in [7, 11) is 0. The van der Waals surface area contributed by atoms with Crippen molar-refractivity contribution in [3.63, 3.8) is 0 Å². The second kappa shape index (κ2) is 4.25. The maximum absolute atomic E-state index is 12.7. The fourth-order valence-corrected chi connectivity index (χ4v) is 1.68. The van der Waals surface area contributed by atoms with Crippen molar-refractivity contribution in [3.8, 4) is 0 Å². The number of rotatable bonds is 2. The zero-order valence-electron chi connectivity index (χ0n) is 8.70. The number of hydrogen-bond acceptors (Lipinski definition) is 1. The van der Waals surface area contributed by atoms with E-state index in [2.05, 4.69) is 4.98 Å². The summed E-state index contributed by atoms with van der Waals surface area (Å²) < 4.78 is 38.2. The highest BCUT2D eigenvalue weighted by atomic mass is 19.4. The monoisotopic (exact) mass is 241 g/mol. The first-order valence-electron chi connectivity index (χ1n) is 4.97. The molecule has 0 aliphatic carbocycles. The summed E-state index contributed by atoms with van der Waals surface area (Å²) in [6.07, 6.45) is -4.22. The number of H-pyrrole nitrogens is 1. The van der Waals surface area contributed by atoms with Crippen molar-refractivity contribution in [1.82, 2.24) is 4.98 Å². The van der Waals surface area contributed by atoms with Gasteiger partial charge in [0.1, 0.15) is 6.10 Å². The predicted octanol–water partition coefficient (Wildman–Crippen LogP) is 3.12. The molecular formula is C12H10F3NO. The zero-order chi connectivity index (χ0) is 12.5. The molecule has 2 rings (SSSR count). The van der Waals surface area contributed by atoms with Crippen LogP contribution in [0.2, 0.25) is 0 Å². The van der Waals surface area contributed by atoms with Crippen molar-refractivity contribution in [1.29, 1.82) is 0 Å². The van der Waals surface area contributed by atoms with Crippen LogP contribution in [0.1, 0.15) is 22.9 Å². The van der Waals surface area contributed by atoms with Crippen molar-refractivity contribution >= 4 is 0 Å². The number of nitrogens with one attached hydrogen (secondary N) is 1. The van der Waals surface area contributed by atoms with Crippen LogP contribution in [0.5, 0.6) is 0 Å². The van der Waals surface area contributed by atoms with E-state index in [1.807, 2.05) is 0 Å². The van der Waals surface area contributed by atoms with Crippen molar-refractivity contribution in [2.75, 3.05) is 0 Å². The van der Waals surface area contributed by atoms with Gasteiger partial charge in [-0.3, -0.25) is 0 Å². The lowest BCUT2D eigenvalue weighted by Gasteiger charge is -2.16. The molecule has 2 N–H and O–H groups in total.